The van der Waals surface area contributed by atoms with E-state index in [2.05, 4.69) is 61.9 Å². The van der Waals surface area contributed by atoms with Gasteiger partial charge >= 0.3 is 0 Å². The average molecular weight is 609 g/mol. The van der Waals surface area contributed by atoms with Crippen LogP contribution in [0.5, 0.6) is 11.5 Å². The summed E-state index contributed by atoms with van der Waals surface area (Å²) < 4.78 is 12.7. The highest BCUT2D eigenvalue weighted by atomic mass is 79.9. The lowest BCUT2D eigenvalue weighted by molar-refractivity contribution is -0.123. The fourth-order valence-electron chi connectivity index (χ4n) is 2.85. The predicted molar refractivity (Wildman–Crippen MR) is 143 cm³/mol. The number of hydrogen-bond donors (Lipinski definition) is 3. The Morgan fingerprint density at radius 1 is 0.971 bits per heavy atom. The van der Waals surface area contributed by atoms with Crippen molar-refractivity contribution in [3.05, 3.63) is 69.1 Å². The van der Waals surface area contributed by atoms with Crippen LogP contribution in [0.15, 0.2) is 63.5 Å². The molecular formula is C24H23Br2N3O4S. The average Bonchev–Trinajstić information content (AvgIpc) is 2.81. The van der Waals surface area contributed by atoms with E-state index < -0.39 is 11.8 Å². The van der Waals surface area contributed by atoms with Gasteiger partial charge in [0.2, 0.25) is 0 Å². The van der Waals surface area contributed by atoms with Crippen molar-refractivity contribution in [2.75, 3.05) is 13.2 Å². The fraction of sp³-hybridized carbons (Fsp3) is 0.208. The summed E-state index contributed by atoms with van der Waals surface area (Å²) in [5.74, 6) is 0.672. The summed E-state index contributed by atoms with van der Waals surface area (Å²) in [7, 11) is 0. The highest BCUT2D eigenvalue weighted by Gasteiger charge is 2.13. The molecular weight excluding hydrogens is 586 g/mol. The van der Waals surface area contributed by atoms with Crippen molar-refractivity contribution in [1.29, 1.82) is 0 Å². The number of nitrogens with one attached hydrogen (secondary N) is 3. The van der Waals surface area contributed by atoms with Crippen molar-refractivity contribution in [2.24, 2.45) is 5.92 Å². The molecule has 0 saturated carbocycles. The Balaban J connectivity index is 1.46. The smallest absolute Gasteiger partial charge is 0.276 e. The third-order valence-electron chi connectivity index (χ3n) is 4.50. The zero-order chi connectivity index (χ0) is 24.7. The van der Waals surface area contributed by atoms with Crippen molar-refractivity contribution < 1.29 is 19.1 Å². The molecule has 10 heteroatoms. The number of ether oxygens (including phenoxy) is 2. The number of hydrazine groups is 1. The van der Waals surface area contributed by atoms with Gasteiger partial charge in [-0.2, -0.15) is 0 Å². The summed E-state index contributed by atoms with van der Waals surface area (Å²) in [6.07, 6.45) is 0. The topological polar surface area (TPSA) is 88.7 Å². The number of carbonyl (C=O) groups excluding carboxylic acids is 2. The second-order valence-electron chi connectivity index (χ2n) is 7.69. The van der Waals surface area contributed by atoms with Gasteiger partial charge in [0.15, 0.2) is 11.7 Å². The van der Waals surface area contributed by atoms with Gasteiger partial charge in [-0.25, -0.2) is 0 Å². The summed E-state index contributed by atoms with van der Waals surface area (Å²) in [5.41, 5.74) is 5.27. The minimum absolute atomic E-state index is 0.0542. The number of carbonyl (C=O) groups is 2. The molecule has 7 nitrogen and oxygen atoms in total. The van der Waals surface area contributed by atoms with Crippen LogP contribution in [0.1, 0.15) is 24.2 Å². The number of hydrogen-bond acceptors (Lipinski definition) is 5. The second-order valence-corrected chi connectivity index (χ2v) is 9.75. The molecule has 0 aromatic heterocycles. The van der Waals surface area contributed by atoms with E-state index in [1.54, 1.807) is 24.3 Å². The third-order valence-corrected chi connectivity index (χ3v) is 6.14. The number of halogens is 2. The van der Waals surface area contributed by atoms with E-state index in [0.29, 0.717) is 34.1 Å². The minimum atomic E-state index is -0.467. The zero-order valence-corrected chi connectivity index (χ0v) is 22.5. The van der Waals surface area contributed by atoms with Crippen LogP contribution in [0.4, 0.5) is 0 Å². The molecule has 0 saturated heterocycles. The molecule has 0 spiro atoms. The van der Waals surface area contributed by atoms with Crippen LogP contribution in [-0.2, 0) is 4.79 Å². The monoisotopic (exact) mass is 607 g/mol. The van der Waals surface area contributed by atoms with E-state index >= 15 is 0 Å². The molecule has 3 aromatic carbocycles. The molecule has 3 N–H and O–H groups in total. The first kappa shape index (κ1) is 25.9. The van der Waals surface area contributed by atoms with E-state index in [9.17, 15) is 9.59 Å². The summed E-state index contributed by atoms with van der Waals surface area (Å²) in [6.45, 7) is 4.43. The molecule has 3 aromatic rings. The summed E-state index contributed by atoms with van der Waals surface area (Å²) in [6, 6.07) is 16.5. The maximum atomic E-state index is 12.4. The lowest BCUT2D eigenvalue weighted by Crippen LogP contribution is -2.49. The second kappa shape index (κ2) is 12.1. The Kier molecular flexibility index (Phi) is 9.26. The molecule has 0 unspecified atom stereocenters. The summed E-state index contributed by atoms with van der Waals surface area (Å²) >= 11 is 12.0. The molecule has 2 amide bonds. The van der Waals surface area contributed by atoms with Gasteiger partial charge in [-0.15, -0.1) is 0 Å². The van der Waals surface area contributed by atoms with Crippen LogP contribution in [0.3, 0.4) is 0 Å². The maximum absolute atomic E-state index is 12.4. The molecule has 0 aliphatic rings. The standard InChI is InChI=1S/C24H23Br2N3O4S/c1-14(2)12-32-19-9-8-16(11-18(19)25)23(31)27-24(34)29-28-21(30)13-33-20-10-7-15-5-3-4-6-17(15)22(20)26/h3-11,14H,12-13H2,1-2H3,(H,28,30)(H2,27,29,31,34). The first-order chi connectivity index (χ1) is 16.2. The minimum Gasteiger partial charge on any atom is -0.492 e. The highest BCUT2D eigenvalue weighted by Crippen LogP contribution is 2.33. The molecule has 3 rings (SSSR count). The Labute approximate surface area is 219 Å². The Morgan fingerprint density at radius 3 is 2.44 bits per heavy atom. The number of thiocarbonyl (C=S) groups is 1. The van der Waals surface area contributed by atoms with Crippen LogP contribution in [0.2, 0.25) is 0 Å². The largest absolute Gasteiger partial charge is 0.492 e. The van der Waals surface area contributed by atoms with Crippen LogP contribution < -0.4 is 25.6 Å². The summed E-state index contributed by atoms with van der Waals surface area (Å²) in [5, 5.41) is 4.49. The van der Waals surface area contributed by atoms with Gasteiger partial charge in [0, 0.05) is 5.56 Å². The van der Waals surface area contributed by atoms with Crippen LogP contribution in [0.25, 0.3) is 10.8 Å². The molecule has 0 bridgehead atoms. The Hall–Kier alpha value is -2.69. The van der Waals surface area contributed by atoms with E-state index in [-0.39, 0.29) is 11.7 Å². The SMILES string of the molecule is CC(C)COc1ccc(C(=O)NC(=S)NNC(=O)COc2ccc3ccccc3c2Br)cc1Br. The molecule has 0 aliphatic carbocycles. The molecule has 0 atom stereocenters. The van der Waals surface area contributed by atoms with Crippen molar-refractivity contribution >= 4 is 71.8 Å². The van der Waals surface area contributed by atoms with Gasteiger partial charge < -0.3 is 9.47 Å². The van der Waals surface area contributed by atoms with Crippen LogP contribution in [0, 0.1) is 5.92 Å². The fourth-order valence-corrected chi connectivity index (χ4v) is 4.10. The van der Waals surface area contributed by atoms with Gasteiger partial charge in [-0.1, -0.05) is 44.2 Å². The van der Waals surface area contributed by atoms with Gasteiger partial charge in [0.25, 0.3) is 11.8 Å². The predicted octanol–water partition coefficient (Wildman–Crippen LogP) is 5.11. The van der Waals surface area contributed by atoms with Gasteiger partial charge in [0.1, 0.15) is 11.5 Å². The number of benzene rings is 3. The van der Waals surface area contributed by atoms with E-state index in [1.165, 1.54) is 0 Å². The van der Waals surface area contributed by atoms with E-state index in [0.717, 1.165) is 15.2 Å². The molecule has 0 radical (unpaired) electrons. The lowest BCUT2D eigenvalue weighted by atomic mass is 10.1. The number of fused-ring (bicyclic) bond motifs is 1. The van der Waals surface area contributed by atoms with Crippen LogP contribution in [-0.4, -0.2) is 30.1 Å². The molecule has 34 heavy (non-hydrogen) atoms. The van der Waals surface area contributed by atoms with Crippen LogP contribution >= 0.6 is 44.1 Å². The quantitative estimate of drug-likeness (QED) is 0.255. The van der Waals surface area contributed by atoms with Crippen molar-refractivity contribution in [3.63, 3.8) is 0 Å². The van der Waals surface area contributed by atoms with Gasteiger partial charge in [0.05, 0.1) is 15.6 Å². The Bertz CT molecular complexity index is 1220. The van der Waals surface area contributed by atoms with Gasteiger partial charge in [-0.05, 0) is 85.0 Å². The van der Waals surface area contributed by atoms with E-state index in [4.69, 9.17) is 21.7 Å². The van der Waals surface area contributed by atoms with E-state index in [1.807, 2.05) is 30.3 Å². The number of amides is 2. The molecule has 178 valence electrons. The maximum Gasteiger partial charge on any atom is 0.276 e. The first-order valence-electron chi connectivity index (χ1n) is 10.4. The zero-order valence-electron chi connectivity index (χ0n) is 18.5. The van der Waals surface area contributed by atoms with Crippen molar-refractivity contribution in [1.82, 2.24) is 16.2 Å². The molecule has 0 aliphatic heterocycles. The lowest BCUT2D eigenvalue weighted by Gasteiger charge is -2.13. The first-order valence-corrected chi connectivity index (χ1v) is 12.4. The van der Waals surface area contributed by atoms with Gasteiger partial charge in [-0.3, -0.25) is 25.8 Å². The molecule has 0 fully saturated rings. The third kappa shape index (κ3) is 7.15. The Morgan fingerprint density at radius 2 is 1.71 bits per heavy atom. The van der Waals surface area contributed by atoms with Crippen molar-refractivity contribution in [3.8, 4) is 11.5 Å². The molecule has 0 heterocycles. The number of rotatable bonds is 7. The van der Waals surface area contributed by atoms with Crippen molar-refractivity contribution in [2.45, 2.75) is 13.8 Å². The summed E-state index contributed by atoms with van der Waals surface area (Å²) in [4.78, 5) is 24.6. The normalized spacial score (nSPS) is 10.6. The highest BCUT2D eigenvalue weighted by molar-refractivity contribution is 9.11.